The van der Waals surface area contributed by atoms with Gasteiger partial charge in [0.15, 0.2) is 0 Å². The molecule has 0 radical (unpaired) electrons. The first-order chi connectivity index (χ1) is 6.35. The van der Waals surface area contributed by atoms with E-state index < -0.39 is 0 Å². The summed E-state index contributed by atoms with van der Waals surface area (Å²) in [4.78, 5) is 3.27. The van der Waals surface area contributed by atoms with Gasteiger partial charge >= 0.3 is 0 Å². The van der Waals surface area contributed by atoms with Gasteiger partial charge in [-0.2, -0.15) is 5.26 Å². The summed E-state index contributed by atoms with van der Waals surface area (Å²) >= 11 is 0. The highest BCUT2D eigenvalue weighted by molar-refractivity contribution is 5.86. The Morgan fingerprint density at radius 2 is 2.31 bits per heavy atom. The van der Waals surface area contributed by atoms with Crippen molar-refractivity contribution in [3.05, 3.63) is 35.5 Å². The summed E-state index contributed by atoms with van der Waals surface area (Å²) in [5, 5.41) is 9.88. The van der Waals surface area contributed by atoms with Crippen molar-refractivity contribution in [3.63, 3.8) is 0 Å². The van der Waals surface area contributed by atoms with Crippen LogP contribution in [0.5, 0.6) is 0 Å². The Kier molecular flexibility index (Phi) is 1.79. The van der Waals surface area contributed by atoms with Gasteiger partial charge in [0.1, 0.15) is 0 Å². The SMILES string of the molecule is CCc1cc2c(C#N)cccc2[nH]1. The molecule has 0 amide bonds. The van der Waals surface area contributed by atoms with Crippen LogP contribution in [0.3, 0.4) is 0 Å². The predicted molar refractivity (Wildman–Crippen MR) is 52.4 cm³/mol. The van der Waals surface area contributed by atoms with Crippen LogP contribution in [0, 0.1) is 11.3 Å². The van der Waals surface area contributed by atoms with Crippen LogP contribution < -0.4 is 0 Å². The maximum Gasteiger partial charge on any atom is 0.0998 e. The third-order valence-electron chi connectivity index (χ3n) is 2.22. The Morgan fingerprint density at radius 3 is 3.00 bits per heavy atom. The van der Waals surface area contributed by atoms with Crippen LogP contribution in [-0.2, 0) is 6.42 Å². The third kappa shape index (κ3) is 1.19. The first-order valence-electron chi connectivity index (χ1n) is 4.36. The minimum atomic E-state index is 0.744. The zero-order chi connectivity index (χ0) is 9.26. The van der Waals surface area contributed by atoms with E-state index in [0.29, 0.717) is 0 Å². The molecule has 1 aromatic carbocycles. The smallest absolute Gasteiger partial charge is 0.0998 e. The number of benzene rings is 1. The summed E-state index contributed by atoms with van der Waals surface area (Å²) in [6.07, 6.45) is 0.972. The van der Waals surface area contributed by atoms with Crippen LogP contribution in [0.4, 0.5) is 0 Å². The van der Waals surface area contributed by atoms with Gasteiger partial charge in [0.05, 0.1) is 11.6 Å². The van der Waals surface area contributed by atoms with Gasteiger partial charge in [0, 0.05) is 16.6 Å². The number of hydrogen-bond donors (Lipinski definition) is 1. The molecule has 1 N–H and O–H groups in total. The zero-order valence-electron chi connectivity index (χ0n) is 7.46. The van der Waals surface area contributed by atoms with Gasteiger partial charge in [-0.15, -0.1) is 0 Å². The molecule has 0 spiro atoms. The minimum absolute atomic E-state index is 0.744. The van der Waals surface area contributed by atoms with Crippen molar-refractivity contribution in [2.75, 3.05) is 0 Å². The molecule has 0 aliphatic heterocycles. The van der Waals surface area contributed by atoms with Gasteiger partial charge in [-0.25, -0.2) is 0 Å². The van der Waals surface area contributed by atoms with Crippen molar-refractivity contribution in [1.29, 1.82) is 5.26 Å². The molecule has 64 valence electrons. The van der Waals surface area contributed by atoms with Crippen molar-refractivity contribution < 1.29 is 0 Å². The Hall–Kier alpha value is -1.75. The molecule has 0 saturated heterocycles. The number of aromatic nitrogens is 1. The van der Waals surface area contributed by atoms with Crippen molar-refractivity contribution in [1.82, 2.24) is 4.98 Å². The Morgan fingerprint density at radius 1 is 1.46 bits per heavy atom. The second kappa shape index (κ2) is 2.95. The van der Waals surface area contributed by atoms with Crippen molar-refractivity contribution in [3.8, 4) is 6.07 Å². The molecular weight excluding hydrogens is 160 g/mol. The first-order valence-corrected chi connectivity index (χ1v) is 4.36. The molecule has 1 aromatic heterocycles. The van der Waals surface area contributed by atoms with Gasteiger partial charge in [-0.05, 0) is 24.6 Å². The summed E-state index contributed by atoms with van der Waals surface area (Å²) in [6.45, 7) is 2.09. The molecule has 0 aliphatic rings. The van der Waals surface area contributed by atoms with E-state index >= 15 is 0 Å². The van der Waals surface area contributed by atoms with Gasteiger partial charge in [-0.3, -0.25) is 0 Å². The maximum absolute atomic E-state index is 8.85. The van der Waals surface area contributed by atoms with Crippen LogP contribution >= 0.6 is 0 Å². The van der Waals surface area contributed by atoms with Crippen molar-refractivity contribution in [2.24, 2.45) is 0 Å². The molecule has 2 aromatic rings. The molecule has 0 fully saturated rings. The zero-order valence-corrected chi connectivity index (χ0v) is 7.46. The quantitative estimate of drug-likeness (QED) is 0.702. The largest absolute Gasteiger partial charge is 0.358 e. The normalized spacial score (nSPS) is 10.2. The minimum Gasteiger partial charge on any atom is -0.358 e. The molecule has 2 nitrogen and oxygen atoms in total. The number of nitriles is 1. The number of nitrogens with one attached hydrogen (secondary N) is 1. The topological polar surface area (TPSA) is 39.6 Å². The summed E-state index contributed by atoms with van der Waals surface area (Å²) in [6, 6.07) is 9.97. The number of H-pyrrole nitrogens is 1. The number of nitrogens with zero attached hydrogens (tertiary/aromatic N) is 1. The highest BCUT2D eigenvalue weighted by atomic mass is 14.7. The summed E-state index contributed by atoms with van der Waals surface area (Å²) in [7, 11) is 0. The van der Waals surface area contributed by atoms with Crippen LogP contribution in [0.1, 0.15) is 18.2 Å². The molecule has 0 atom stereocenters. The first kappa shape index (κ1) is 7.88. The van der Waals surface area contributed by atoms with Gasteiger partial charge in [0.2, 0.25) is 0 Å². The second-order valence-corrected chi connectivity index (χ2v) is 3.03. The second-order valence-electron chi connectivity index (χ2n) is 3.03. The molecule has 13 heavy (non-hydrogen) atoms. The van der Waals surface area contributed by atoms with Crippen LogP contribution in [0.2, 0.25) is 0 Å². The number of hydrogen-bond acceptors (Lipinski definition) is 1. The lowest BCUT2D eigenvalue weighted by atomic mass is 10.1. The summed E-state index contributed by atoms with van der Waals surface area (Å²) < 4.78 is 0. The van der Waals surface area contributed by atoms with Crippen LogP contribution in [-0.4, -0.2) is 4.98 Å². The molecule has 0 bridgehead atoms. The van der Waals surface area contributed by atoms with E-state index in [0.717, 1.165) is 22.9 Å². The molecule has 2 heteroatoms. The van der Waals surface area contributed by atoms with Gasteiger partial charge in [-0.1, -0.05) is 13.0 Å². The highest BCUT2D eigenvalue weighted by Gasteiger charge is 2.02. The van der Waals surface area contributed by atoms with Crippen molar-refractivity contribution in [2.45, 2.75) is 13.3 Å². The number of rotatable bonds is 1. The monoisotopic (exact) mass is 170 g/mol. The fraction of sp³-hybridized carbons (Fsp3) is 0.182. The van der Waals surface area contributed by atoms with E-state index in [-0.39, 0.29) is 0 Å². The standard InChI is InChI=1S/C11H10N2/c1-2-9-6-10-8(7-12)4-3-5-11(10)13-9/h3-6,13H,2H2,1H3. The average Bonchev–Trinajstić information content (AvgIpc) is 2.59. The lowest BCUT2D eigenvalue weighted by molar-refractivity contribution is 1.07. The van der Waals surface area contributed by atoms with Crippen LogP contribution in [0.15, 0.2) is 24.3 Å². The van der Waals surface area contributed by atoms with Gasteiger partial charge < -0.3 is 4.98 Å². The predicted octanol–water partition coefficient (Wildman–Crippen LogP) is 2.60. The summed E-state index contributed by atoms with van der Waals surface area (Å²) in [5.41, 5.74) is 2.97. The Bertz CT molecular complexity index is 474. The van der Waals surface area contributed by atoms with E-state index in [4.69, 9.17) is 5.26 Å². The molecule has 0 aliphatic carbocycles. The average molecular weight is 170 g/mol. The fourth-order valence-corrected chi connectivity index (χ4v) is 1.50. The molecule has 2 rings (SSSR count). The van der Waals surface area contributed by atoms with Gasteiger partial charge in [0.25, 0.3) is 0 Å². The lowest BCUT2D eigenvalue weighted by Gasteiger charge is -1.89. The molecular formula is C11H10N2. The maximum atomic E-state index is 8.85. The highest BCUT2D eigenvalue weighted by Crippen LogP contribution is 2.19. The van der Waals surface area contributed by atoms with E-state index in [9.17, 15) is 0 Å². The molecule has 0 unspecified atom stereocenters. The van der Waals surface area contributed by atoms with Crippen LogP contribution in [0.25, 0.3) is 10.9 Å². The molecule has 0 saturated carbocycles. The van der Waals surface area contributed by atoms with E-state index in [1.54, 1.807) is 0 Å². The third-order valence-corrected chi connectivity index (χ3v) is 2.22. The van der Waals surface area contributed by atoms with E-state index in [1.165, 1.54) is 5.69 Å². The number of aryl methyl sites for hydroxylation is 1. The Balaban J connectivity index is 2.76. The fourth-order valence-electron chi connectivity index (χ4n) is 1.50. The lowest BCUT2D eigenvalue weighted by Crippen LogP contribution is -1.75. The number of aromatic amines is 1. The number of fused-ring (bicyclic) bond motifs is 1. The van der Waals surface area contributed by atoms with E-state index in [1.807, 2.05) is 24.3 Å². The molecule has 1 heterocycles. The van der Waals surface area contributed by atoms with E-state index in [2.05, 4.69) is 18.0 Å². The van der Waals surface area contributed by atoms with Crippen molar-refractivity contribution >= 4 is 10.9 Å². The summed E-state index contributed by atoms with van der Waals surface area (Å²) in [5.74, 6) is 0. The Labute approximate surface area is 76.8 Å².